The van der Waals surface area contributed by atoms with Crippen molar-refractivity contribution in [3.63, 3.8) is 0 Å². The van der Waals surface area contributed by atoms with Crippen molar-refractivity contribution < 1.29 is 37.6 Å². The summed E-state index contributed by atoms with van der Waals surface area (Å²) in [5.74, 6) is 0.132. The van der Waals surface area contributed by atoms with Gasteiger partial charge in [0.2, 0.25) is 0 Å². The van der Waals surface area contributed by atoms with Crippen molar-refractivity contribution in [2.75, 3.05) is 14.2 Å². The zero-order chi connectivity index (χ0) is 25.7. The first-order valence-corrected chi connectivity index (χ1v) is 12.4. The Bertz CT molecular complexity index is 1290. The molecular formula is C26H25NO8S. The average Bonchev–Trinajstić information content (AvgIpc) is 3.16. The van der Waals surface area contributed by atoms with Crippen LogP contribution < -0.4 is 14.2 Å². The fourth-order valence-electron chi connectivity index (χ4n) is 3.58. The number of carbonyl (C=O) groups is 2. The minimum atomic E-state index is -3.30. The maximum atomic E-state index is 12.2. The molecular weight excluding hydrogens is 486 g/mol. The van der Waals surface area contributed by atoms with Gasteiger partial charge >= 0.3 is 5.97 Å². The maximum Gasteiger partial charge on any atom is 0.345 e. The number of esters is 1. The summed E-state index contributed by atoms with van der Waals surface area (Å²) in [6.45, 7) is 0.704. The third-order valence-corrected chi connectivity index (χ3v) is 6.79. The Labute approximate surface area is 209 Å². The van der Waals surface area contributed by atoms with E-state index in [0.717, 1.165) is 11.1 Å². The van der Waals surface area contributed by atoms with E-state index in [2.05, 4.69) is 4.72 Å². The zero-order valence-electron chi connectivity index (χ0n) is 19.6. The number of methoxy groups -OCH3 is 2. The van der Waals surface area contributed by atoms with Crippen LogP contribution in [0, 0.1) is 0 Å². The van der Waals surface area contributed by atoms with E-state index in [4.69, 9.17) is 18.9 Å². The highest BCUT2D eigenvalue weighted by molar-refractivity contribution is 8.31. The number of rotatable bonds is 9. The first-order valence-electron chi connectivity index (χ1n) is 10.8. The molecule has 1 aliphatic heterocycles. The Morgan fingerprint density at radius 1 is 0.889 bits per heavy atom. The predicted molar refractivity (Wildman–Crippen MR) is 135 cm³/mol. The van der Waals surface area contributed by atoms with Crippen molar-refractivity contribution in [1.82, 2.24) is 4.72 Å². The lowest BCUT2D eigenvalue weighted by molar-refractivity contribution is -0.114. The summed E-state index contributed by atoms with van der Waals surface area (Å²) in [7, 11) is -0.535. The minimum Gasteiger partial charge on any atom is -0.496 e. The SMILES string of the molecule is COC(=O)c1c(OC)cccc1Oc1ccc(COCc2ccc(C3=CC(=O)NS3(O)O)cc2)cc1. The highest BCUT2D eigenvalue weighted by Gasteiger charge is 2.29. The summed E-state index contributed by atoms with van der Waals surface area (Å²) in [6.07, 6.45) is 1.19. The molecule has 3 N–H and O–H groups in total. The second kappa shape index (κ2) is 10.8. The lowest BCUT2D eigenvalue weighted by Gasteiger charge is -2.29. The molecule has 0 fully saturated rings. The highest BCUT2D eigenvalue weighted by atomic mass is 32.3. The van der Waals surface area contributed by atoms with Crippen LogP contribution in [0.4, 0.5) is 0 Å². The van der Waals surface area contributed by atoms with E-state index in [1.807, 2.05) is 12.1 Å². The summed E-state index contributed by atoms with van der Waals surface area (Å²) in [4.78, 5) is 23.8. The van der Waals surface area contributed by atoms with Gasteiger partial charge in [0.1, 0.15) is 22.8 Å². The molecule has 1 amide bonds. The van der Waals surface area contributed by atoms with Gasteiger partial charge < -0.3 is 18.9 Å². The van der Waals surface area contributed by atoms with Crippen LogP contribution in [0.2, 0.25) is 0 Å². The largest absolute Gasteiger partial charge is 0.496 e. The van der Waals surface area contributed by atoms with Crippen molar-refractivity contribution in [3.05, 3.63) is 95.1 Å². The van der Waals surface area contributed by atoms with Crippen LogP contribution in [0.1, 0.15) is 27.0 Å². The van der Waals surface area contributed by atoms with Gasteiger partial charge in [-0.1, -0.05) is 53.2 Å². The molecule has 10 heteroatoms. The van der Waals surface area contributed by atoms with Crippen LogP contribution in [0.3, 0.4) is 0 Å². The summed E-state index contributed by atoms with van der Waals surface area (Å²) in [6, 6.07) is 19.3. The molecule has 3 aromatic carbocycles. The van der Waals surface area contributed by atoms with Gasteiger partial charge in [-0.15, -0.1) is 0 Å². The topological polar surface area (TPSA) is 124 Å². The average molecular weight is 512 g/mol. The van der Waals surface area contributed by atoms with Crippen molar-refractivity contribution in [2.24, 2.45) is 0 Å². The van der Waals surface area contributed by atoms with Crippen LogP contribution in [0.25, 0.3) is 4.91 Å². The van der Waals surface area contributed by atoms with E-state index in [9.17, 15) is 18.7 Å². The second-order valence-corrected chi connectivity index (χ2v) is 9.53. The highest BCUT2D eigenvalue weighted by Crippen LogP contribution is 2.52. The Balaban J connectivity index is 1.34. The number of nitrogens with one attached hydrogen (secondary N) is 1. The first-order chi connectivity index (χ1) is 17.3. The lowest BCUT2D eigenvalue weighted by Crippen LogP contribution is -2.18. The fourth-order valence-corrected chi connectivity index (χ4v) is 4.76. The number of hydrogen-bond donors (Lipinski definition) is 3. The van der Waals surface area contributed by atoms with Crippen LogP contribution in [-0.2, 0) is 27.5 Å². The number of carbonyl (C=O) groups excluding carboxylic acids is 2. The minimum absolute atomic E-state index is 0.176. The van der Waals surface area contributed by atoms with Crippen LogP contribution in [0.5, 0.6) is 17.2 Å². The third kappa shape index (κ3) is 5.69. The van der Waals surface area contributed by atoms with E-state index in [1.165, 1.54) is 20.3 Å². The van der Waals surface area contributed by atoms with E-state index in [-0.39, 0.29) is 10.5 Å². The summed E-state index contributed by atoms with van der Waals surface area (Å²) >= 11 is 0. The second-order valence-electron chi connectivity index (χ2n) is 7.78. The van der Waals surface area contributed by atoms with E-state index < -0.39 is 22.7 Å². The molecule has 3 aromatic rings. The molecule has 9 nitrogen and oxygen atoms in total. The molecule has 0 radical (unpaired) electrons. The monoisotopic (exact) mass is 511 g/mol. The van der Waals surface area contributed by atoms with Crippen molar-refractivity contribution >= 4 is 27.6 Å². The van der Waals surface area contributed by atoms with Gasteiger partial charge in [-0.3, -0.25) is 13.9 Å². The quantitative estimate of drug-likeness (QED) is 0.338. The van der Waals surface area contributed by atoms with E-state index >= 15 is 0 Å². The maximum absolute atomic E-state index is 12.2. The molecule has 0 spiro atoms. The van der Waals surface area contributed by atoms with Crippen molar-refractivity contribution in [2.45, 2.75) is 13.2 Å². The third-order valence-electron chi connectivity index (χ3n) is 5.34. The molecule has 0 bridgehead atoms. The summed E-state index contributed by atoms with van der Waals surface area (Å²) < 4.78 is 43.9. The summed E-state index contributed by atoms with van der Waals surface area (Å²) in [5.41, 5.74) is 2.58. The smallest absolute Gasteiger partial charge is 0.345 e. The molecule has 0 unspecified atom stereocenters. The van der Waals surface area contributed by atoms with Gasteiger partial charge in [0.25, 0.3) is 5.91 Å². The van der Waals surface area contributed by atoms with Gasteiger partial charge in [0.15, 0.2) is 0 Å². The lowest BCUT2D eigenvalue weighted by atomic mass is 10.1. The zero-order valence-corrected chi connectivity index (χ0v) is 20.4. The van der Waals surface area contributed by atoms with Gasteiger partial charge in [-0.25, -0.2) is 9.52 Å². The molecule has 1 heterocycles. The predicted octanol–water partition coefficient (Wildman–Crippen LogP) is 5.13. The standard InChI is InChI=1S/C26H25NO8S/c1-32-21-4-3-5-22(25(21)26(29)33-2)35-20-12-8-18(9-13-20)16-34-15-17-6-10-19(11-7-17)23-14-24(28)27-36(23,30)31/h3-14,30-31H,15-16H2,1-2H3,(H,27,28). The molecule has 1 aliphatic rings. The van der Waals surface area contributed by atoms with E-state index in [1.54, 1.807) is 54.6 Å². The first kappa shape index (κ1) is 25.3. The number of hydrogen-bond acceptors (Lipinski definition) is 8. The van der Waals surface area contributed by atoms with Crippen LogP contribution in [0.15, 0.2) is 72.8 Å². The number of amides is 1. The normalized spacial score (nSPS) is 15.0. The Kier molecular flexibility index (Phi) is 7.61. The van der Waals surface area contributed by atoms with Gasteiger partial charge in [0.05, 0.1) is 32.3 Å². The molecule has 0 saturated carbocycles. The molecule has 0 aromatic heterocycles. The fraction of sp³-hybridized carbons (Fsp3) is 0.154. The number of benzene rings is 3. The number of ether oxygens (including phenoxy) is 4. The Morgan fingerprint density at radius 2 is 1.50 bits per heavy atom. The molecule has 36 heavy (non-hydrogen) atoms. The molecule has 4 rings (SSSR count). The van der Waals surface area contributed by atoms with Gasteiger partial charge in [0, 0.05) is 6.08 Å². The van der Waals surface area contributed by atoms with Crippen LogP contribution >= 0.6 is 10.8 Å². The van der Waals surface area contributed by atoms with Gasteiger partial charge in [-0.2, -0.15) is 0 Å². The van der Waals surface area contributed by atoms with Gasteiger partial charge in [-0.05, 0) is 41.0 Å². The molecule has 0 aliphatic carbocycles. The van der Waals surface area contributed by atoms with Crippen molar-refractivity contribution in [3.8, 4) is 17.2 Å². The molecule has 0 saturated heterocycles. The Morgan fingerprint density at radius 3 is 2.06 bits per heavy atom. The molecule has 188 valence electrons. The Hall–Kier alpha value is -3.83. The molecule has 0 atom stereocenters. The van der Waals surface area contributed by atoms with E-state index in [0.29, 0.717) is 36.0 Å². The van der Waals surface area contributed by atoms with Crippen molar-refractivity contribution in [1.29, 1.82) is 0 Å². The summed E-state index contributed by atoms with van der Waals surface area (Å²) in [5, 5.41) is 0. The van der Waals surface area contributed by atoms with Crippen LogP contribution in [-0.4, -0.2) is 35.2 Å².